The molecular formula is C49H34N2O. The molecule has 10 rings (SSSR count). The lowest BCUT2D eigenvalue weighted by atomic mass is 9.82. The first-order valence-electron chi connectivity index (χ1n) is 17.8. The molecule has 0 N–H and O–H groups in total. The molecular weight excluding hydrogens is 633 g/mol. The third-order valence-corrected chi connectivity index (χ3v) is 10.7. The Morgan fingerprint density at radius 2 is 1.02 bits per heavy atom. The van der Waals surface area contributed by atoms with Crippen LogP contribution in [0, 0.1) is 0 Å². The summed E-state index contributed by atoms with van der Waals surface area (Å²) in [5.74, 6) is 0.698. The summed E-state index contributed by atoms with van der Waals surface area (Å²) in [6.07, 6.45) is 0. The molecule has 0 radical (unpaired) electrons. The van der Waals surface area contributed by atoms with E-state index in [1.165, 1.54) is 22.3 Å². The van der Waals surface area contributed by atoms with Crippen LogP contribution in [0.25, 0.3) is 89.2 Å². The SMILES string of the molecule is CC1(C)c2ccccc2-c2cc(-c3cc(-c4cc(-c5ccccc5)cc(-c5cccc6oc7ccccc7c56)c4)nc(-c4ccccc4)n3)ccc21. The highest BCUT2D eigenvalue weighted by Gasteiger charge is 2.35. The zero-order chi connectivity index (χ0) is 34.8. The van der Waals surface area contributed by atoms with Crippen molar-refractivity contribution in [3.05, 3.63) is 181 Å². The van der Waals surface area contributed by atoms with Crippen LogP contribution in [-0.4, -0.2) is 9.97 Å². The number of fused-ring (bicyclic) bond motifs is 6. The van der Waals surface area contributed by atoms with Crippen molar-refractivity contribution in [1.29, 1.82) is 0 Å². The smallest absolute Gasteiger partial charge is 0.160 e. The molecule has 0 unspecified atom stereocenters. The minimum atomic E-state index is -0.0616. The zero-order valence-corrected chi connectivity index (χ0v) is 29.0. The Bertz CT molecular complexity index is 2810. The molecule has 0 saturated heterocycles. The maximum Gasteiger partial charge on any atom is 0.160 e. The molecule has 1 aliphatic carbocycles. The second-order valence-electron chi connectivity index (χ2n) is 14.2. The molecule has 3 nitrogen and oxygen atoms in total. The summed E-state index contributed by atoms with van der Waals surface area (Å²) in [7, 11) is 0. The zero-order valence-electron chi connectivity index (χ0n) is 29.0. The number of hydrogen-bond acceptors (Lipinski definition) is 3. The molecule has 7 aromatic carbocycles. The number of hydrogen-bond donors (Lipinski definition) is 0. The molecule has 0 atom stereocenters. The first kappa shape index (κ1) is 30.3. The average Bonchev–Trinajstić information content (AvgIpc) is 3.70. The van der Waals surface area contributed by atoms with E-state index in [1.54, 1.807) is 0 Å². The Kier molecular flexibility index (Phi) is 6.84. The number of aromatic nitrogens is 2. The van der Waals surface area contributed by atoms with Gasteiger partial charge in [-0.25, -0.2) is 9.97 Å². The van der Waals surface area contributed by atoms with Crippen LogP contribution in [0.2, 0.25) is 0 Å². The van der Waals surface area contributed by atoms with Gasteiger partial charge in [0.1, 0.15) is 11.2 Å². The monoisotopic (exact) mass is 666 g/mol. The Balaban J connectivity index is 1.21. The minimum absolute atomic E-state index is 0.0616. The van der Waals surface area contributed by atoms with Gasteiger partial charge in [0.05, 0.1) is 11.4 Å². The van der Waals surface area contributed by atoms with E-state index in [4.69, 9.17) is 14.4 Å². The predicted molar refractivity (Wildman–Crippen MR) is 214 cm³/mol. The Morgan fingerprint density at radius 1 is 0.404 bits per heavy atom. The molecule has 2 aromatic heterocycles. The van der Waals surface area contributed by atoms with Crippen molar-refractivity contribution >= 4 is 21.9 Å². The van der Waals surface area contributed by atoms with Crippen LogP contribution < -0.4 is 0 Å². The Hall–Kier alpha value is -6.58. The van der Waals surface area contributed by atoms with E-state index in [0.717, 1.165) is 72.3 Å². The largest absolute Gasteiger partial charge is 0.456 e. The van der Waals surface area contributed by atoms with Gasteiger partial charge in [0.25, 0.3) is 0 Å². The van der Waals surface area contributed by atoms with Gasteiger partial charge in [-0.3, -0.25) is 0 Å². The third-order valence-electron chi connectivity index (χ3n) is 10.7. The molecule has 0 bridgehead atoms. The lowest BCUT2D eigenvalue weighted by Crippen LogP contribution is -2.14. The van der Waals surface area contributed by atoms with Gasteiger partial charge >= 0.3 is 0 Å². The summed E-state index contributed by atoms with van der Waals surface area (Å²) in [6.45, 7) is 4.63. The second kappa shape index (κ2) is 11.8. The highest BCUT2D eigenvalue weighted by atomic mass is 16.3. The van der Waals surface area contributed by atoms with E-state index in [2.05, 4.69) is 153 Å². The van der Waals surface area contributed by atoms with Crippen molar-refractivity contribution in [1.82, 2.24) is 9.97 Å². The van der Waals surface area contributed by atoms with Crippen molar-refractivity contribution in [3.8, 4) is 67.3 Å². The van der Waals surface area contributed by atoms with Crippen molar-refractivity contribution in [3.63, 3.8) is 0 Å². The number of rotatable bonds is 5. The molecule has 0 amide bonds. The highest BCUT2D eigenvalue weighted by molar-refractivity contribution is 6.12. The molecule has 0 spiro atoms. The maximum absolute atomic E-state index is 6.32. The van der Waals surface area contributed by atoms with Crippen molar-refractivity contribution in [2.24, 2.45) is 0 Å². The molecule has 1 aliphatic rings. The molecule has 0 fully saturated rings. The Labute approximate surface area is 302 Å². The van der Waals surface area contributed by atoms with E-state index >= 15 is 0 Å². The molecule has 246 valence electrons. The van der Waals surface area contributed by atoms with E-state index in [1.807, 2.05) is 30.3 Å². The lowest BCUT2D eigenvalue weighted by Gasteiger charge is -2.21. The normalized spacial score (nSPS) is 13.0. The molecule has 0 aliphatic heterocycles. The summed E-state index contributed by atoms with van der Waals surface area (Å²) in [5, 5.41) is 2.22. The standard InChI is InChI=1S/C49H34N2O/c1-49(2)41-21-11-9-18-38(41)40-29-33(24-25-42(40)49)43-30-44(51-48(50-43)32-16-7-4-8-17-32)36-27-34(31-14-5-3-6-15-31)26-35(28-36)37-20-13-23-46-47(37)39-19-10-12-22-45(39)52-46/h3-30H,1-2H3. The first-order chi connectivity index (χ1) is 25.5. The van der Waals surface area contributed by atoms with E-state index in [9.17, 15) is 0 Å². The molecule has 9 aromatic rings. The predicted octanol–water partition coefficient (Wildman–Crippen LogP) is 13.0. The van der Waals surface area contributed by atoms with Gasteiger partial charge < -0.3 is 4.42 Å². The summed E-state index contributed by atoms with van der Waals surface area (Å²) in [5.41, 5.74) is 16.3. The van der Waals surface area contributed by atoms with Crippen molar-refractivity contribution in [2.75, 3.05) is 0 Å². The van der Waals surface area contributed by atoms with E-state index in [0.29, 0.717) is 5.82 Å². The minimum Gasteiger partial charge on any atom is -0.456 e. The van der Waals surface area contributed by atoms with Crippen LogP contribution in [-0.2, 0) is 5.41 Å². The van der Waals surface area contributed by atoms with Crippen molar-refractivity contribution < 1.29 is 4.42 Å². The van der Waals surface area contributed by atoms with Crippen LogP contribution in [0.15, 0.2) is 174 Å². The quantitative estimate of drug-likeness (QED) is 0.183. The van der Waals surface area contributed by atoms with Gasteiger partial charge in [-0.05, 0) is 87.0 Å². The van der Waals surface area contributed by atoms with Crippen LogP contribution in [0.3, 0.4) is 0 Å². The average molecular weight is 667 g/mol. The Morgan fingerprint density at radius 3 is 1.85 bits per heavy atom. The van der Waals surface area contributed by atoms with Gasteiger partial charge in [-0.15, -0.1) is 0 Å². The van der Waals surface area contributed by atoms with Gasteiger partial charge in [-0.2, -0.15) is 0 Å². The number of furan rings is 1. The molecule has 0 saturated carbocycles. The van der Waals surface area contributed by atoms with E-state index < -0.39 is 0 Å². The van der Waals surface area contributed by atoms with Crippen molar-refractivity contribution in [2.45, 2.75) is 19.3 Å². The molecule has 2 heterocycles. The topological polar surface area (TPSA) is 38.9 Å². The molecule has 3 heteroatoms. The van der Waals surface area contributed by atoms with Crippen LogP contribution in [0.1, 0.15) is 25.0 Å². The fraction of sp³-hybridized carbons (Fsp3) is 0.0612. The first-order valence-corrected chi connectivity index (χ1v) is 17.8. The maximum atomic E-state index is 6.32. The summed E-state index contributed by atoms with van der Waals surface area (Å²) in [6, 6.07) is 60.1. The summed E-state index contributed by atoms with van der Waals surface area (Å²) >= 11 is 0. The number of benzene rings is 7. The van der Waals surface area contributed by atoms with Gasteiger partial charge in [0, 0.05) is 32.9 Å². The van der Waals surface area contributed by atoms with Gasteiger partial charge in [0.15, 0.2) is 5.82 Å². The highest BCUT2D eigenvalue weighted by Crippen LogP contribution is 2.49. The third kappa shape index (κ3) is 4.89. The lowest BCUT2D eigenvalue weighted by molar-refractivity contribution is 0.660. The number of para-hydroxylation sites is 1. The summed E-state index contributed by atoms with van der Waals surface area (Å²) < 4.78 is 6.32. The molecule has 52 heavy (non-hydrogen) atoms. The fourth-order valence-electron chi connectivity index (χ4n) is 8.08. The summed E-state index contributed by atoms with van der Waals surface area (Å²) in [4.78, 5) is 10.5. The van der Waals surface area contributed by atoms with Crippen LogP contribution in [0.4, 0.5) is 0 Å². The fourth-order valence-corrected chi connectivity index (χ4v) is 8.08. The van der Waals surface area contributed by atoms with Crippen LogP contribution in [0.5, 0.6) is 0 Å². The van der Waals surface area contributed by atoms with Gasteiger partial charge in [-0.1, -0.05) is 141 Å². The van der Waals surface area contributed by atoms with Crippen LogP contribution >= 0.6 is 0 Å². The number of nitrogens with zero attached hydrogens (tertiary/aromatic N) is 2. The van der Waals surface area contributed by atoms with Gasteiger partial charge in [0.2, 0.25) is 0 Å². The van der Waals surface area contributed by atoms with E-state index in [-0.39, 0.29) is 5.41 Å². The second-order valence-corrected chi connectivity index (χ2v) is 14.2.